The Labute approximate surface area is 234 Å². The summed E-state index contributed by atoms with van der Waals surface area (Å²) in [5.41, 5.74) is 2.41. The maximum Gasteiger partial charge on any atom is 0.333 e. The van der Waals surface area contributed by atoms with Gasteiger partial charge in [0, 0.05) is 36.2 Å². The summed E-state index contributed by atoms with van der Waals surface area (Å²) in [6.45, 7) is 1.03. The standard InChI is InChI=1S/C28H26BrN3O7/c1-30-10-9-16-14-22-24(39-15-38-22)25(36-4)23(16)20(30)6-5-11-37-21-8-7-18(29)12-17(21)13-19-26(33)31(2)28(35)32(3)27(19)34/h7-8,12-14,20H,9-11,15H2,1-4H3/t20-/m0/s1. The molecule has 0 saturated carbocycles. The van der Waals surface area contributed by atoms with E-state index in [9.17, 15) is 14.4 Å². The number of hydrogen-bond acceptors (Lipinski definition) is 8. The number of imide groups is 2. The van der Waals surface area contributed by atoms with Crippen molar-refractivity contribution in [2.75, 3.05) is 48.2 Å². The predicted molar refractivity (Wildman–Crippen MR) is 145 cm³/mol. The third-order valence-electron chi connectivity index (χ3n) is 6.85. The van der Waals surface area contributed by atoms with Crippen molar-refractivity contribution in [3.05, 3.63) is 51.0 Å². The van der Waals surface area contributed by atoms with Gasteiger partial charge in [0.2, 0.25) is 12.5 Å². The summed E-state index contributed by atoms with van der Waals surface area (Å²) in [5, 5.41) is 0. The number of ether oxygens (including phenoxy) is 4. The summed E-state index contributed by atoms with van der Waals surface area (Å²) in [4.78, 5) is 41.3. The second-order valence-electron chi connectivity index (χ2n) is 9.21. The molecular weight excluding hydrogens is 570 g/mol. The first-order chi connectivity index (χ1) is 18.7. The van der Waals surface area contributed by atoms with Crippen LogP contribution < -0.4 is 18.9 Å². The van der Waals surface area contributed by atoms with Crippen LogP contribution >= 0.6 is 15.9 Å². The Hall–Kier alpha value is -4.01. The first kappa shape index (κ1) is 26.6. The molecule has 0 bridgehead atoms. The molecule has 11 heteroatoms. The van der Waals surface area contributed by atoms with Gasteiger partial charge in [0.15, 0.2) is 11.5 Å². The minimum atomic E-state index is -0.682. The number of nitrogens with zero attached hydrogens (tertiary/aromatic N) is 3. The highest BCUT2D eigenvalue weighted by Gasteiger charge is 2.38. The van der Waals surface area contributed by atoms with Gasteiger partial charge in [-0.15, -0.1) is 0 Å². The summed E-state index contributed by atoms with van der Waals surface area (Å²) in [6.07, 6.45) is 2.26. The molecule has 3 aliphatic heterocycles. The van der Waals surface area contributed by atoms with Crippen molar-refractivity contribution in [3.8, 4) is 34.8 Å². The molecule has 1 atom stereocenters. The van der Waals surface area contributed by atoms with Crippen molar-refractivity contribution < 1.29 is 33.3 Å². The molecule has 3 aliphatic rings. The summed E-state index contributed by atoms with van der Waals surface area (Å²) in [6, 6.07) is 6.31. The monoisotopic (exact) mass is 595 g/mol. The number of methoxy groups -OCH3 is 1. The van der Waals surface area contributed by atoms with Crippen molar-refractivity contribution in [2.45, 2.75) is 12.5 Å². The normalized spacial score (nSPS) is 18.5. The number of rotatable bonds is 4. The van der Waals surface area contributed by atoms with E-state index < -0.39 is 17.8 Å². The molecule has 4 amide bonds. The first-order valence-electron chi connectivity index (χ1n) is 12.1. The predicted octanol–water partition coefficient (Wildman–Crippen LogP) is 3.23. The van der Waals surface area contributed by atoms with Crippen LogP contribution in [0.4, 0.5) is 4.79 Å². The van der Waals surface area contributed by atoms with Gasteiger partial charge < -0.3 is 18.9 Å². The van der Waals surface area contributed by atoms with Crippen LogP contribution in [0.25, 0.3) is 6.08 Å². The molecule has 2 aromatic rings. The number of hydrogen-bond donors (Lipinski definition) is 0. The highest BCUT2D eigenvalue weighted by atomic mass is 79.9. The maximum absolute atomic E-state index is 12.7. The average Bonchev–Trinajstić information content (AvgIpc) is 3.40. The van der Waals surface area contributed by atoms with E-state index in [1.54, 1.807) is 25.3 Å². The van der Waals surface area contributed by atoms with Gasteiger partial charge in [0.1, 0.15) is 24.0 Å². The van der Waals surface area contributed by atoms with Crippen LogP contribution in [0.15, 0.2) is 34.3 Å². The third kappa shape index (κ3) is 4.82. The van der Waals surface area contributed by atoms with Gasteiger partial charge in [-0.25, -0.2) is 4.79 Å². The third-order valence-corrected chi connectivity index (χ3v) is 7.34. The Kier molecular flexibility index (Phi) is 7.25. The fraction of sp³-hybridized carbons (Fsp3) is 0.321. The van der Waals surface area contributed by atoms with E-state index in [2.05, 4.69) is 32.7 Å². The molecule has 2 aromatic carbocycles. The van der Waals surface area contributed by atoms with Crippen LogP contribution in [0.2, 0.25) is 0 Å². The van der Waals surface area contributed by atoms with Crippen molar-refractivity contribution in [3.63, 3.8) is 0 Å². The van der Waals surface area contributed by atoms with Gasteiger partial charge in [-0.1, -0.05) is 27.8 Å². The second kappa shape index (κ2) is 10.6. The van der Waals surface area contributed by atoms with Crippen LogP contribution in [-0.4, -0.2) is 80.7 Å². The Morgan fingerprint density at radius 1 is 1.10 bits per heavy atom. The highest BCUT2D eigenvalue weighted by Crippen LogP contribution is 2.49. The van der Waals surface area contributed by atoms with Crippen molar-refractivity contribution in [2.24, 2.45) is 0 Å². The Morgan fingerprint density at radius 2 is 1.85 bits per heavy atom. The van der Waals surface area contributed by atoms with Crippen molar-refractivity contribution >= 4 is 39.9 Å². The molecule has 39 heavy (non-hydrogen) atoms. The largest absolute Gasteiger partial charge is 0.492 e. The first-order valence-corrected chi connectivity index (χ1v) is 12.9. The van der Waals surface area contributed by atoms with Crippen molar-refractivity contribution in [1.82, 2.24) is 14.7 Å². The zero-order valence-electron chi connectivity index (χ0n) is 21.9. The van der Waals surface area contributed by atoms with Crippen LogP contribution in [0.3, 0.4) is 0 Å². The quantitative estimate of drug-likeness (QED) is 0.302. The number of amides is 4. The molecule has 0 N–H and O–H groups in total. The molecule has 0 unspecified atom stereocenters. The lowest BCUT2D eigenvalue weighted by atomic mass is 9.91. The molecule has 10 nitrogen and oxygen atoms in total. The Balaban J connectivity index is 1.40. The molecule has 0 aromatic heterocycles. The minimum Gasteiger partial charge on any atom is -0.492 e. The van der Waals surface area contributed by atoms with Crippen LogP contribution in [0, 0.1) is 11.8 Å². The summed E-state index contributed by atoms with van der Waals surface area (Å²) < 4.78 is 23.7. The number of benzene rings is 2. The van der Waals surface area contributed by atoms with E-state index in [1.807, 2.05) is 13.1 Å². The van der Waals surface area contributed by atoms with Crippen molar-refractivity contribution in [1.29, 1.82) is 0 Å². The van der Waals surface area contributed by atoms with Gasteiger partial charge in [0.05, 0.1) is 7.11 Å². The molecule has 1 fully saturated rings. The summed E-state index contributed by atoms with van der Waals surface area (Å²) >= 11 is 3.42. The maximum atomic E-state index is 12.7. The van der Waals surface area contributed by atoms with E-state index in [-0.39, 0.29) is 25.0 Å². The topological polar surface area (TPSA) is 97.9 Å². The van der Waals surface area contributed by atoms with Gasteiger partial charge in [-0.3, -0.25) is 24.3 Å². The average molecular weight is 596 g/mol. The van der Waals surface area contributed by atoms with Crippen LogP contribution in [0.5, 0.6) is 23.0 Å². The lowest BCUT2D eigenvalue weighted by Gasteiger charge is -2.32. The number of carbonyl (C=O) groups excluding carboxylic acids is 3. The van der Waals surface area contributed by atoms with E-state index >= 15 is 0 Å². The van der Waals surface area contributed by atoms with Crippen LogP contribution in [0.1, 0.15) is 22.7 Å². The van der Waals surface area contributed by atoms with Gasteiger partial charge >= 0.3 is 6.03 Å². The molecule has 202 valence electrons. The number of halogens is 1. The lowest BCUT2D eigenvalue weighted by molar-refractivity contribution is -0.134. The van der Waals surface area contributed by atoms with Crippen LogP contribution in [-0.2, 0) is 16.0 Å². The minimum absolute atomic E-state index is 0.0601. The molecule has 3 heterocycles. The van der Waals surface area contributed by atoms with E-state index in [0.29, 0.717) is 28.6 Å². The lowest BCUT2D eigenvalue weighted by Crippen LogP contribution is -2.52. The number of barbiturate groups is 1. The molecule has 1 saturated heterocycles. The molecule has 5 rings (SSSR count). The van der Waals surface area contributed by atoms with Gasteiger partial charge in [-0.2, -0.15) is 0 Å². The SMILES string of the molecule is COc1c2c(cc3c1[C@H](C#CCOc1ccc(Br)cc1C=C1C(=O)N(C)C(=O)N(C)C1=O)N(C)CC3)OCO2. The smallest absolute Gasteiger partial charge is 0.333 e. The van der Waals surface area contributed by atoms with Gasteiger partial charge in [-0.05, 0) is 49.4 Å². The molecule has 0 spiro atoms. The fourth-order valence-electron chi connectivity index (χ4n) is 4.76. The summed E-state index contributed by atoms with van der Waals surface area (Å²) in [5.74, 6) is 7.38. The number of urea groups is 1. The van der Waals surface area contributed by atoms with E-state index in [4.69, 9.17) is 18.9 Å². The number of carbonyl (C=O) groups is 3. The number of likely N-dealkylation sites (N-methyl/N-ethyl adjacent to an activating group) is 3. The van der Waals surface area contributed by atoms with Gasteiger partial charge in [0.25, 0.3) is 11.8 Å². The fourth-order valence-corrected chi connectivity index (χ4v) is 5.14. The summed E-state index contributed by atoms with van der Waals surface area (Å²) in [7, 11) is 6.27. The van der Waals surface area contributed by atoms with E-state index in [0.717, 1.165) is 38.4 Å². The zero-order valence-corrected chi connectivity index (χ0v) is 23.5. The highest BCUT2D eigenvalue weighted by molar-refractivity contribution is 9.10. The molecular formula is C28H26BrN3O7. The zero-order chi connectivity index (χ0) is 27.8. The molecule has 0 aliphatic carbocycles. The second-order valence-corrected chi connectivity index (χ2v) is 10.1. The van der Waals surface area contributed by atoms with E-state index in [1.165, 1.54) is 20.2 Å². The Bertz CT molecular complexity index is 1450. The number of fused-ring (bicyclic) bond motifs is 2. The Morgan fingerprint density at radius 3 is 2.56 bits per heavy atom. The molecule has 0 radical (unpaired) electrons.